The second-order valence-corrected chi connectivity index (χ2v) is 3.86. The summed E-state index contributed by atoms with van der Waals surface area (Å²) >= 11 is 0. The number of aliphatic hydroxyl groups excluding tert-OH is 1. The van der Waals surface area contributed by atoms with E-state index in [0.29, 0.717) is 13.1 Å². The summed E-state index contributed by atoms with van der Waals surface area (Å²) < 4.78 is 18.8. The SMILES string of the molecule is O=C1NCCCN1[C@@H]1O[C@H](CO)CC1F. The molecule has 0 saturated carbocycles. The summed E-state index contributed by atoms with van der Waals surface area (Å²) in [5, 5.41) is 11.5. The first kappa shape index (κ1) is 10.6. The second-order valence-electron chi connectivity index (χ2n) is 3.86. The van der Waals surface area contributed by atoms with Gasteiger partial charge in [0.15, 0.2) is 6.23 Å². The Kier molecular flexibility index (Phi) is 3.06. The fourth-order valence-corrected chi connectivity index (χ4v) is 1.98. The number of carbonyl (C=O) groups is 1. The van der Waals surface area contributed by atoms with Crippen LogP contribution in [0.5, 0.6) is 0 Å². The van der Waals surface area contributed by atoms with Crippen LogP contribution in [-0.4, -0.2) is 54.2 Å². The number of hydrogen-bond acceptors (Lipinski definition) is 3. The lowest BCUT2D eigenvalue weighted by Crippen LogP contribution is -2.53. The van der Waals surface area contributed by atoms with Gasteiger partial charge in [-0.05, 0) is 6.42 Å². The summed E-state index contributed by atoms with van der Waals surface area (Å²) in [6.07, 6.45) is -1.57. The van der Waals surface area contributed by atoms with E-state index in [4.69, 9.17) is 9.84 Å². The molecule has 0 bridgehead atoms. The number of urea groups is 1. The molecule has 2 heterocycles. The minimum absolute atomic E-state index is 0.158. The van der Waals surface area contributed by atoms with Gasteiger partial charge in [-0.15, -0.1) is 0 Å². The van der Waals surface area contributed by atoms with Crippen molar-refractivity contribution in [3.63, 3.8) is 0 Å². The van der Waals surface area contributed by atoms with Crippen LogP contribution in [0.4, 0.5) is 9.18 Å². The standard InChI is InChI=1S/C9H15FN2O3/c10-7-4-6(5-13)15-8(7)12-3-1-2-11-9(12)14/h6-8,13H,1-5H2,(H,11,14)/t6-,7?,8+/m0/s1. The minimum Gasteiger partial charge on any atom is -0.394 e. The van der Waals surface area contributed by atoms with Crippen molar-refractivity contribution in [1.82, 2.24) is 10.2 Å². The fourth-order valence-electron chi connectivity index (χ4n) is 1.98. The highest BCUT2D eigenvalue weighted by molar-refractivity contribution is 5.75. The topological polar surface area (TPSA) is 61.8 Å². The number of halogens is 1. The molecule has 2 saturated heterocycles. The third-order valence-corrected chi connectivity index (χ3v) is 2.75. The zero-order valence-corrected chi connectivity index (χ0v) is 8.36. The fraction of sp³-hybridized carbons (Fsp3) is 0.889. The van der Waals surface area contributed by atoms with E-state index >= 15 is 0 Å². The van der Waals surface area contributed by atoms with Crippen LogP contribution in [0.15, 0.2) is 0 Å². The lowest BCUT2D eigenvalue weighted by molar-refractivity contribution is -0.0688. The minimum atomic E-state index is -1.20. The van der Waals surface area contributed by atoms with Crippen LogP contribution >= 0.6 is 0 Å². The molecular formula is C9H15FN2O3. The van der Waals surface area contributed by atoms with E-state index in [-0.39, 0.29) is 19.1 Å². The number of carbonyl (C=O) groups excluding carboxylic acids is 1. The highest BCUT2D eigenvalue weighted by Gasteiger charge is 2.41. The lowest BCUT2D eigenvalue weighted by atomic mass is 10.2. The van der Waals surface area contributed by atoms with Gasteiger partial charge in [0.1, 0.15) is 6.17 Å². The lowest BCUT2D eigenvalue weighted by Gasteiger charge is -2.32. The Bertz CT molecular complexity index is 252. The first-order valence-corrected chi connectivity index (χ1v) is 5.17. The highest BCUT2D eigenvalue weighted by atomic mass is 19.1. The molecule has 0 aromatic rings. The largest absolute Gasteiger partial charge is 0.394 e. The van der Waals surface area contributed by atoms with E-state index in [1.54, 1.807) is 0 Å². The zero-order valence-electron chi connectivity index (χ0n) is 8.36. The molecule has 3 atom stereocenters. The van der Waals surface area contributed by atoms with Gasteiger partial charge in [0.2, 0.25) is 0 Å². The molecule has 5 nitrogen and oxygen atoms in total. The third kappa shape index (κ3) is 2.05. The maximum atomic E-state index is 13.5. The highest BCUT2D eigenvalue weighted by Crippen LogP contribution is 2.26. The molecule has 6 heteroatoms. The average molecular weight is 218 g/mol. The average Bonchev–Trinajstić information content (AvgIpc) is 2.60. The summed E-state index contributed by atoms with van der Waals surface area (Å²) in [4.78, 5) is 12.8. The van der Waals surface area contributed by atoms with Gasteiger partial charge in [-0.3, -0.25) is 4.90 Å². The molecule has 2 aliphatic rings. The molecule has 2 amide bonds. The molecule has 0 radical (unpaired) electrons. The summed E-state index contributed by atoms with van der Waals surface area (Å²) in [6.45, 7) is 0.934. The number of nitrogens with one attached hydrogen (secondary N) is 1. The first-order valence-electron chi connectivity index (χ1n) is 5.17. The molecule has 0 aromatic heterocycles. The molecule has 0 spiro atoms. The number of ether oxygens (including phenoxy) is 1. The predicted molar refractivity (Wildman–Crippen MR) is 50.0 cm³/mol. The zero-order chi connectivity index (χ0) is 10.8. The molecule has 0 aromatic carbocycles. The van der Waals surface area contributed by atoms with Crippen molar-refractivity contribution in [2.45, 2.75) is 31.3 Å². The monoisotopic (exact) mass is 218 g/mol. The maximum Gasteiger partial charge on any atom is 0.319 e. The van der Waals surface area contributed by atoms with Gasteiger partial charge in [-0.2, -0.15) is 0 Å². The summed E-state index contributed by atoms with van der Waals surface area (Å²) in [6, 6.07) is -0.285. The molecular weight excluding hydrogens is 203 g/mol. The molecule has 2 N–H and O–H groups in total. The van der Waals surface area contributed by atoms with Crippen LogP contribution in [0.2, 0.25) is 0 Å². The molecule has 2 rings (SSSR count). The summed E-state index contributed by atoms with van der Waals surface area (Å²) in [7, 11) is 0. The van der Waals surface area contributed by atoms with Crippen LogP contribution in [0.1, 0.15) is 12.8 Å². The number of alkyl halides is 1. The van der Waals surface area contributed by atoms with E-state index in [9.17, 15) is 9.18 Å². The van der Waals surface area contributed by atoms with Gasteiger partial charge in [0.25, 0.3) is 0 Å². The van der Waals surface area contributed by atoms with Crippen molar-refractivity contribution in [2.24, 2.45) is 0 Å². The Morgan fingerprint density at radius 3 is 3.07 bits per heavy atom. The van der Waals surface area contributed by atoms with Crippen LogP contribution in [-0.2, 0) is 4.74 Å². The van der Waals surface area contributed by atoms with E-state index < -0.39 is 18.5 Å². The Morgan fingerprint density at radius 2 is 2.47 bits per heavy atom. The van der Waals surface area contributed by atoms with Gasteiger partial charge < -0.3 is 15.2 Å². The normalized spacial score (nSPS) is 36.8. The predicted octanol–water partition coefficient (Wildman–Crippen LogP) is -0.153. The molecule has 0 aliphatic carbocycles. The molecule has 1 unspecified atom stereocenters. The quantitative estimate of drug-likeness (QED) is 0.677. The third-order valence-electron chi connectivity index (χ3n) is 2.75. The first-order chi connectivity index (χ1) is 7.22. The van der Waals surface area contributed by atoms with Crippen LogP contribution in [0.25, 0.3) is 0 Å². The van der Waals surface area contributed by atoms with Crippen molar-refractivity contribution in [2.75, 3.05) is 19.7 Å². The van der Waals surface area contributed by atoms with Gasteiger partial charge in [0, 0.05) is 19.5 Å². The Hall–Kier alpha value is -0.880. The van der Waals surface area contributed by atoms with E-state index in [0.717, 1.165) is 6.42 Å². The number of hydrogen-bond donors (Lipinski definition) is 2. The number of rotatable bonds is 2. The number of nitrogens with zero attached hydrogens (tertiary/aromatic N) is 1. The van der Waals surface area contributed by atoms with Gasteiger partial charge in [0.05, 0.1) is 12.7 Å². The van der Waals surface area contributed by atoms with E-state index in [1.807, 2.05) is 0 Å². The Labute approximate surface area is 87.2 Å². The molecule has 86 valence electrons. The molecule has 15 heavy (non-hydrogen) atoms. The summed E-state index contributed by atoms with van der Waals surface area (Å²) in [5.41, 5.74) is 0. The molecule has 2 aliphatic heterocycles. The van der Waals surface area contributed by atoms with Gasteiger partial charge >= 0.3 is 6.03 Å². The van der Waals surface area contributed by atoms with Gasteiger partial charge in [-0.1, -0.05) is 0 Å². The number of amides is 2. The van der Waals surface area contributed by atoms with Crippen LogP contribution in [0, 0.1) is 0 Å². The van der Waals surface area contributed by atoms with Crippen molar-refractivity contribution < 1.29 is 19.0 Å². The van der Waals surface area contributed by atoms with Crippen LogP contribution < -0.4 is 5.32 Å². The van der Waals surface area contributed by atoms with Gasteiger partial charge in [-0.25, -0.2) is 9.18 Å². The van der Waals surface area contributed by atoms with Crippen molar-refractivity contribution in [3.05, 3.63) is 0 Å². The summed E-state index contributed by atoms with van der Waals surface area (Å²) in [5.74, 6) is 0. The Balaban J connectivity index is 2.00. The maximum absolute atomic E-state index is 13.5. The Morgan fingerprint density at radius 1 is 1.67 bits per heavy atom. The molecule has 2 fully saturated rings. The number of aliphatic hydroxyl groups is 1. The smallest absolute Gasteiger partial charge is 0.319 e. The van der Waals surface area contributed by atoms with Crippen molar-refractivity contribution >= 4 is 6.03 Å². The van der Waals surface area contributed by atoms with Crippen molar-refractivity contribution in [1.29, 1.82) is 0 Å². The van der Waals surface area contributed by atoms with E-state index in [1.165, 1.54) is 4.90 Å². The van der Waals surface area contributed by atoms with Crippen molar-refractivity contribution in [3.8, 4) is 0 Å². The van der Waals surface area contributed by atoms with E-state index in [2.05, 4.69) is 5.32 Å². The van der Waals surface area contributed by atoms with Crippen LogP contribution in [0.3, 0.4) is 0 Å². The second kappa shape index (κ2) is 4.32.